The number of rotatable bonds is 11. The first-order valence-corrected chi connectivity index (χ1v) is 15.6. The van der Waals surface area contributed by atoms with Crippen LogP contribution in [0.1, 0.15) is 43.9 Å². The van der Waals surface area contributed by atoms with E-state index >= 15 is 0 Å². The normalized spacial score (nSPS) is 12.9. The topological polar surface area (TPSA) is 86.8 Å². The summed E-state index contributed by atoms with van der Waals surface area (Å²) in [5, 5.41) is 3.39. The number of sulfonamides is 1. The number of carbonyl (C=O) groups excluding carboxylic acids is 2. The summed E-state index contributed by atoms with van der Waals surface area (Å²) in [7, 11) is -4.15. The van der Waals surface area contributed by atoms with E-state index in [-0.39, 0.29) is 23.4 Å². The van der Waals surface area contributed by atoms with Gasteiger partial charge in [-0.3, -0.25) is 13.9 Å². The molecule has 0 heterocycles. The average molecular weight is 649 g/mol. The number of nitrogens with zero attached hydrogens (tertiary/aromatic N) is 2. The van der Waals surface area contributed by atoms with Crippen molar-refractivity contribution in [2.75, 3.05) is 10.8 Å². The van der Waals surface area contributed by atoms with Crippen molar-refractivity contribution in [3.63, 3.8) is 0 Å². The van der Waals surface area contributed by atoms with Crippen LogP contribution in [0.4, 0.5) is 5.69 Å². The van der Waals surface area contributed by atoms with Crippen LogP contribution in [0.2, 0.25) is 5.02 Å². The highest BCUT2D eigenvalue weighted by Gasteiger charge is 2.33. The summed E-state index contributed by atoms with van der Waals surface area (Å²) in [5.41, 5.74) is 2.64. The highest BCUT2D eigenvalue weighted by Crippen LogP contribution is 2.29. The zero-order valence-electron chi connectivity index (χ0n) is 23.3. The first-order valence-electron chi connectivity index (χ1n) is 13.0. The molecule has 10 heteroatoms. The molecular weight excluding hydrogens is 614 g/mol. The van der Waals surface area contributed by atoms with Crippen molar-refractivity contribution in [3.05, 3.63) is 92.9 Å². The maximum Gasteiger partial charge on any atom is 0.264 e. The Hall–Kier alpha value is -2.88. The lowest BCUT2D eigenvalue weighted by Crippen LogP contribution is -2.52. The monoisotopic (exact) mass is 647 g/mol. The van der Waals surface area contributed by atoms with Crippen molar-refractivity contribution in [2.45, 2.75) is 64.6 Å². The second kappa shape index (κ2) is 13.7. The fourth-order valence-corrected chi connectivity index (χ4v) is 6.05. The number of hydrogen-bond acceptors (Lipinski definition) is 4. The highest BCUT2D eigenvalue weighted by atomic mass is 79.9. The van der Waals surface area contributed by atoms with Crippen LogP contribution >= 0.6 is 27.5 Å². The molecule has 40 heavy (non-hydrogen) atoms. The van der Waals surface area contributed by atoms with Gasteiger partial charge in [0.25, 0.3) is 10.0 Å². The van der Waals surface area contributed by atoms with Crippen LogP contribution in [0.3, 0.4) is 0 Å². The van der Waals surface area contributed by atoms with Crippen LogP contribution in [-0.2, 0) is 26.2 Å². The Morgan fingerprint density at radius 1 is 0.975 bits per heavy atom. The zero-order chi connectivity index (χ0) is 29.6. The quantitative estimate of drug-likeness (QED) is 0.267. The number of amides is 2. The molecule has 2 amide bonds. The van der Waals surface area contributed by atoms with E-state index in [0.29, 0.717) is 16.3 Å². The molecule has 0 spiro atoms. The Labute approximate surface area is 250 Å². The van der Waals surface area contributed by atoms with Gasteiger partial charge >= 0.3 is 0 Å². The molecule has 2 atom stereocenters. The summed E-state index contributed by atoms with van der Waals surface area (Å²) in [4.78, 5) is 28.6. The lowest BCUT2D eigenvalue weighted by Gasteiger charge is -2.33. The van der Waals surface area contributed by atoms with E-state index in [9.17, 15) is 18.0 Å². The van der Waals surface area contributed by atoms with Crippen molar-refractivity contribution in [2.24, 2.45) is 0 Å². The summed E-state index contributed by atoms with van der Waals surface area (Å²) >= 11 is 9.59. The van der Waals surface area contributed by atoms with Gasteiger partial charge in [0.05, 0.1) is 10.6 Å². The maximum atomic E-state index is 14.0. The van der Waals surface area contributed by atoms with E-state index in [1.165, 1.54) is 17.0 Å². The summed E-state index contributed by atoms with van der Waals surface area (Å²) in [6.45, 7) is 8.74. The van der Waals surface area contributed by atoms with Crippen LogP contribution < -0.4 is 9.62 Å². The molecule has 1 N–H and O–H groups in total. The molecule has 0 radical (unpaired) electrons. The Morgan fingerprint density at radius 3 is 2.17 bits per heavy atom. The number of anilines is 1. The number of nitrogens with one attached hydrogen (secondary N) is 1. The van der Waals surface area contributed by atoms with Gasteiger partial charge in [0.2, 0.25) is 11.8 Å². The lowest BCUT2D eigenvalue weighted by atomic mass is 10.1. The van der Waals surface area contributed by atoms with Crippen LogP contribution in [0.25, 0.3) is 0 Å². The summed E-state index contributed by atoms with van der Waals surface area (Å²) in [5.74, 6) is -0.824. The minimum Gasteiger partial charge on any atom is -0.352 e. The third kappa shape index (κ3) is 7.86. The first kappa shape index (κ1) is 31.6. The maximum absolute atomic E-state index is 14.0. The largest absolute Gasteiger partial charge is 0.352 e. The zero-order valence-corrected chi connectivity index (χ0v) is 26.5. The van der Waals surface area contributed by atoms with Crippen molar-refractivity contribution in [1.29, 1.82) is 0 Å². The molecule has 0 fully saturated rings. The average Bonchev–Trinajstić information content (AvgIpc) is 2.91. The van der Waals surface area contributed by atoms with Crippen molar-refractivity contribution >= 4 is 55.1 Å². The molecule has 3 aromatic rings. The summed E-state index contributed by atoms with van der Waals surface area (Å²) in [6, 6.07) is 17.8. The number of carbonyl (C=O) groups is 2. The Bertz CT molecular complexity index is 1450. The molecular formula is C30H35BrClN3O4S. The van der Waals surface area contributed by atoms with E-state index in [0.717, 1.165) is 26.3 Å². The second-order valence-corrected chi connectivity index (χ2v) is 13.1. The Kier molecular flexibility index (Phi) is 10.8. The fraction of sp³-hybridized carbons (Fsp3) is 0.333. The lowest BCUT2D eigenvalue weighted by molar-refractivity contribution is -0.139. The van der Waals surface area contributed by atoms with Crippen molar-refractivity contribution in [3.8, 4) is 0 Å². The molecule has 7 nitrogen and oxygen atoms in total. The van der Waals surface area contributed by atoms with Crippen LogP contribution in [-0.4, -0.2) is 43.8 Å². The van der Waals surface area contributed by atoms with Crippen LogP contribution in [0, 0.1) is 13.8 Å². The molecule has 0 unspecified atom stereocenters. The second-order valence-electron chi connectivity index (χ2n) is 9.90. The molecule has 0 bridgehead atoms. The van der Waals surface area contributed by atoms with Gasteiger partial charge < -0.3 is 10.2 Å². The SMILES string of the molecule is CC[C@@H](C)NC(=O)[C@H](C)N(Cc1ccc(Br)cc1)C(=O)CN(c1ccc(Cl)cc1C)S(=O)(=O)c1ccc(C)cc1. The van der Waals surface area contributed by atoms with Crippen molar-refractivity contribution in [1.82, 2.24) is 10.2 Å². The van der Waals surface area contributed by atoms with Gasteiger partial charge in [-0.25, -0.2) is 8.42 Å². The van der Waals surface area contributed by atoms with Gasteiger partial charge in [0.1, 0.15) is 12.6 Å². The van der Waals surface area contributed by atoms with E-state index in [1.807, 2.05) is 45.0 Å². The van der Waals surface area contributed by atoms with Gasteiger partial charge in [-0.1, -0.05) is 64.3 Å². The summed E-state index contributed by atoms with van der Waals surface area (Å²) in [6.07, 6.45) is 0.734. The molecule has 0 aliphatic heterocycles. The van der Waals surface area contributed by atoms with Gasteiger partial charge in [-0.15, -0.1) is 0 Å². The molecule has 214 valence electrons. The third-order valence-corrected chi connectivity index (χ3v) is 9.29. The van der Waals surface area contributed by atoms with Crippen molar-refractivity contribution < 1.29 is 18.0 Å². The fourth-order valence-electron chi connectivity index (χ4n) is 4.08. The van der Waals surface area contributed by atoms with E-state index in [4.69, 9.17) is 11.6 Å². The minimum atomic E-state index is -4.15. The van der Waals surface area contributed by atoms with Gasteiger partial charge in [-0.05, 0) is 87.7 Å². The standard InChI is InChI=1S/C30H35BrClN3O4S/c1-6-22(4)33-30(37)23(5)34(18-24-9-11-25(31)12-10-24)29(36)19-35(28-16-13-26(32)17-21(28)3)40(38,39)27-14-7-20(2)8-15-27/h7-17,22-23H,6,18-19H2,1-5H3,(H,33,37)/t22-,23+/m1/s1. The van der Waals surface area contributed by atoms with Gasteiger partial charge in [0, 0.05) is 22.1 Å². The molecule has 0 aliphatic carbocycles. The molecule has 0 aromatic heterocycles. The summed E-state index contributed by atoms with van der Waals surface area (Å²) < 4.78 is 29.9. The number of hydrogen-bond donors (Lipinski definition) is 1. The van der Waals surface area contributed by atoms with Crippen LogP contribution in [0.15, 0.2) is 76.1 Å². The molecule has 0 saturated carbocycles. The van der Waals surface area contributed by atoms with E-state index in [1.54, 1.807) is 44.2 Å². The minimum absolute atomic E-state index is 0.0577. The molecule has 3 aromatic carbocycles. The van der Waals surface area contributed by atoms with Gasteiger partial charge in [0.15, 0.2) is 0 Å². The number of halogens is 2. The number of benzene rings is 3. The van der Waals surface area contributed by atoms with Crippen LogP contribution in [0.5, 0.6) is 0 Å². The highest BCUT2D eigenvalue weighted by molar-refractivity contribution is 9.10. The smallest absolute Gasteiger partial charge is 0.264 e. The first-order chi connectivity index (χ1) is 18.8. The Morgan fingerprint density at radius 2 is 1.60 bits per heavy atom. The third-order valence-electron chi connectivity index (χ3n) is 6.75. The Balaban J connectivity index is 2.05. The molecule has 0 saturated heterocycles. The predicted molar refractivity (Wildman–Crippen MR) is 164 cm³/mol. The van der Waals surface area contributed by atoms with E-state index < -0.39 is 28.5 Å². The number of aryl methyl sites for hydroxylation is 2. The molecule has 0 aliphatic rings. The predicted octanol–water partition coefficient (Wildman–Crippen LogP) is 6.25. The van der Waals surface area contributed by atoms with E-state index in [2.05, 4.69) is 21.2 Å². The molecule has 3 rings (SSSR count). The van der Waals surface area contributed by atoms with Gasteiger partial charge in [-0.2, -0.15) is 0 Å².